The van der Waals surface area contributed by atoms with E-state index in [1.165, 1.54) is 0 Å². The fourth-order valence-electron chi connectivity index (χ4n) is 2.06. The van der Waals surface area contributed by atoms with E-state index >= 15 is 0 Å². The summed E-state index contributed by atoms with van der Waals surface area (Å²) in [6.07, 6.45) is 1.36. The normalized spacial score (nSPS) is 24.7. The molecular formula is C11H17N3O2. The monoisotopic (exact) mass is 223 g/mol. The van der Waals surface area contributed by atoms with Crippen LogP contribution in [0.25, 0.3) is 0 Å². The Labute approximate surface area is 94.7 Å². The van der Waals surface area contributed by atoms with Gasteiger partial charge < -0.3 is 19.9 Å². The summed E-state index contributed by atoms with van der Waals surface area (Å²) in [7, 11) is 3.57. The maximum absolute atomic E-state index is 12.1. The molecule has 0 unspecified atom stereocenters. The lowest BCUT2D eigenvalue weighted by Crippen LogP contribution is -2.44. The first-order chi connectivity index (χ1) is 7.61. The number of likely N-dealkylation sites (N-methyl/N-ethyl adjacent to an activating group) is 1. The summed E-state index contributed by atoms with van der Waals surface area (Å²) in [5.74, 6) is -0.0553. The van der Waals surface area contributed by atoms with Gasteiger partial charge in [-0.25, -0.2) is 0 Å². The van der Waals surface area contributed by atoms with Crippen LogP contribution in [0.15, 0.2) is 18.3 Å². The molecule has 88 valence electrons. The van der Waals surface area contributed by atoms with Gasteiger partial charge in [0.1, 0.15) is 5.69 Å². The molecule has 1 aliphatic heterocycles. The Morgan fingerprint density at radius 1 is 1.62 bits per heavy atom. The molecule has 1 aromatic rings. The van der Waals surface area contributed by atoms with Gasteiger partial charge in [0.05, 0.1) is 12.1 Å². The zero-order valence-corrected chi connectivity index (χ0v) is 9.55. The smallest absolute Gasteiger partial charge is 0.270 e. The Kier molecular flexibility index (Phi) is 2.98. The second-order valence-corrected chi connectivity index (χ2v) is 4.21. The minimum Gasteiger partial charge on any atom is -0.390 e. The number of nitrogens with zero attached hydrogens (tertiary/aromatic N) is 2. The number of amides is 1. The molecule has 2 rings (SSSR count). The van der Waals surface area contributed by atoms with Gasteiger partial charge in [0.25, 0.3) is 5.91 Å². The van der Waals surface area contributed by atoms with Crippen molar-refractivity contribution in [1.82, 2.24) is 14.8 Å². The van der Waals surface area contributed by atoms with E-state index in [1.54, 1.807) is 22.6 Å². The van der Waals surface area contributed by atoms with Crippen molar-refractivity contribution >= 4 is 5.91 Å². The topological polar surface area (TPSA) is 57.5 Å². The number of aromatic nitrogens is 1. The number of aliphatic hydroxyl groups excluding tert-OH is 1. The van der Waals surface area contributed by atoms with Crippen molar-refractivity contribution in [3.8, 4) is 0 Å². The van der Waals surface area contributed by atoms with Crippen molar-refractivity contribution in [3.05, 3.63) is 24.0 Å². The lowest BCUT2D eigenvalue weighted by Gasteiger charge is -2.26. The molecule has 0 radical (unpaired) electrons. The molecule has 16 heavy (non-hydrogen) atoms. The van der Waals surface area contributed by atoms with Crippen LogP contribution in [-0.2, 0) is 7.05 Å². The van der Waals surface area contributed by atoms with Crippen LogP contribution in [0.3, 0.4) is 0 Å². The molecule has 0 aliphatic carbocycles. The zero-order chi connectivity index (χ0) is 11.7. The summed E-state index contributed by atoms with van der Waals surface area (Å²) in [6, 6.07) is 3.49. The van der Waals surface area contributed by atoms with E-state index in [1.807, 2.05) is 19.3 Å². The number of hydrogen-bond donors (Lipinski definition) is 2. The lowest BCUT2D eigenvalue weighted by molar-refractivity contribution is 0.0572. The molecular weight excluding hydrogens is 206 g/mol. The van der Waals surface area contributed by atoms with Gasteiger partial charge in [-0.15, -0.1) is 0 Å². The second-order valence-electron chi connectivity index (χ2n) is 4.21. The second kappa shape index (κ2) is 4.27. The van der Waals surface area contributed by atoms with Crippen LogP contribution in [0, 0.1) is 0 Å². The van der Waals surface area contributed by atoms with Crippen molar-refractivity contribution in [3.63, 3.8) is 0 Å². The van der Waals surface area contributed by atoms with E-state index in [4.69, 9.17) is 0 Å². The average Bonchev–Trinajstić information content (AvgIpc) is 2.85. The van der Waals surface area contributed by atoms with Crippen LogP contribution in [-0.4, -0.2) is 52.8 Å². The summed E-state index contributed by atoms with van der Waals surface area (Å²) in [4.78, 5) is 13.7. The predicted octanol–water partition coefficient (Wildman–Crippen LogP) is -0.570. The molecule has 5 heteroatoms. The van der Waals surface area contributed by atoms with Crippen LogP contribution in [0.1, 0.15) is 10.5 Å². The molecule has 0 spiro atoms. The summed E-state index contributed by atoms with van der Waals surface area (Å²) in [6.45, 7) is 1.20. The Balaban J connectivity index is 2.13. The van der Waals surface area contributed by atoms with Crippen molar-refractivity contribution in [1.29, 1.82) is 0 Å². The molecule has 1 fully saturated rings. The molecule has 1 saturated heterocycles. The standard InChI is InChI=1S/C11H17N3O2/c1-13-5-3-4-8(13)11(16)14(2)9-6-12-7-10(9)15/h3-5,9-10,12,15H,6-7H2,1-2H3/t9-,10-/m0/s1. The van der Waals surface area contributed by atoms with Crippen LogP contribution in [0.4, 0.5) is 0 Å². The number of carbonyl (C=O) groups excluding carboxylic acids is 1. The van der Waals surface area contributed by atoms with E-state index in [0.717, 1.165) is 0 Å². The number of β-amino-alcohol motifs (C(OH)–C–C–N with tert-alkyl or cyclic N) is 1. The summed E-state index contributed by atoms with van der Waals surface area (Å²) in [5, 5.41) is 12.8. The van der Waals surface area contributed by atoms with Crippen LogP contribution in [0.2, 0.25) is 0 Å². The molecule has 2 heterocycles. The third-order valence-corrected chi connectivity index (χ3v) is 3.13. The maximum atomic E-state index is 12.1. The van der Waals surface area contributed by atoms with Crippen LogP contribution < -0.4 is 5.32 Å². The van der Waals surface area contributed by atoms with Crippen molar-refractivity contribution in [2.45, 2.75) is 12.1 Å². The van der Waals surface area contributed by atoms with Gasteiger partial charge in [0.15, 0.2) is 0 Å². The Bertz CT molecular complexity index is 388. The Hall–Kier alpha value is -1.33. The van der Waals surface area contributed by atoms with Crippen molar-refractivity contribution in [2.75, 3.05) is 20.1 Å². The fourth-order valence-corrected chi connectivity index (χ4v) is 2.06. The first-order valence-corrected chi connectivity index (χ1v) is 5.38. The quantitative estimate of drug-likeness (QED) is 0.706. The first-order valence-electron chi connectivity index (χ1n) is 5.38. The lowest BCUT2D eigenvalue weighted by atomic mass is 10.2. The SMILES string of the molecule is CN(C(=O)c1cccn1C)[C@H]1CNC[C@@H]1O. The van der Waals surface area contributed by atoms with Gasteiger partial charge in [0.2, 0.25) is 0 Å². The summed E-state index contributed by atoms with van der Waals surface area (Å²) < 4.78 is 1.79. The minimum atomic E-state index is -0.478. The first kappa shape index (κ1) is 11.2. The largest absolute Gasteiger partial charge is 0.390 e. The third-order valence-electron chi connectivity index (χ3n) is 3.13. The van der Waals surface area contributed by atoms with Crippen LogP contribution >= 0.6 is 0 Å². The molecule has 5 nitrogen and oxygen atoms in total. The highest BCUT2D eigenvalue weighted by atomic mass is 16.3. The Morgan fingerprint density at radius 3 is 2.88 bits per heavy atom. The maximum Gasteiger partial charge on any atom is 0.270 e. The fraction of sp³-hybridized carbons (Fsp3) is 0.545. The van der Waals surface area contributed by atoms with E-state index in [-0.39, 0.29) is 11.9 Å². The highest BCUT2D eigenvalue weighted by Gasteiger charge is 2.32. The molecule has 1 amide bonds. The average molecular weight is 223 g/mol. The summed E-state index contributed by atoms with van der Waals surface area (Å²) >= 11 is 0. The molecule has 2 atom stereocenters. The molecule has 0 saturated carbocycles. The highest BCUT2D eigenvalue weighted by Crippen LogP contribution is 2.12. The number of hydrogen-bond acceptors (Lipinski definition) is 3. The number of rotatable bonds is 2. The number of carbonyl (C=O) groups is 1. The zero-order valence-electron chi connectivity index (χ0n) is 9.55. The number of aryl methyl sites for hydroxylation is 1. The summed E-state index contributed by atoms with van der Waals surface area (Å²) in [5.41, 5.74) is 0.640. The highest BCUT2D eigenvalue weighted by molar-refractivity contribution is 5.92. The van der Waals surface area contributed by atoms with Gasteiger partial charge >= 0.3 is 0 Å². The Morgan fingerprint density at radius 2 is 2.38 bits per heavy atom. The van der Waals surface area contributed by atoms with Gasteiger partial charge in [-0.2, -0.15) is 0 Å². The van der Waals surface area contributed by atoms with Gasteiger partial charge in [-0.1, -0.05) is 0 Å². The van der Waals surface area contributed by atoms with E-state index < -0.39 is 6.10 Å². The molecule has 0 aromatic carbocycles. The van der Waals surface area contributed by atoms with Crippen LogP contribution in [0.5, 0.6) is 0 Å². The van der Waals surface area contributed by atoms with Crippen molar-refractivity contribution in [2.24, 2.45) is 7.05 Å². The molecule has 1 aliphatic rings. The van der Waals surface area contributed by atoms with E-state index in [2.05, 4.69) is 5.32 Å². The number of nitrogens with one attached hydrogen (secondary N) is 1. The minimum absolute atomic E-state index is 0.0553. The molecule has 1 aromatic heterocycles. The predicted molar refractivity (Wildman–Crippen MR) is 60.2 cm³/mol. The van der Waals surface area contributed by atoms with Gasteiger partial charge in [-0.3, -0.25) is 4.79 Å². The van der Waals surface area contributed by atoms with Gasteiger partial charge in [0, 0.05) is 33.4 Å². The van der Waals surface area contributed by atoms with Crippen molar-refractivity contribution < 1.29 is 9.90 Å². The van der Waals surface area contributed by atoms with E-state index in [0.29, 0.717) is 18.8 Å². The molecule has 0 bridgehead atoms. The van der Waals surface area contributed by atoms with Gasteiger partial charge in [-0.05, 0) is 12.1 Å². The molecule has 2 N–H and O–H groups in total. The third kappa shape index (κ3) is 1.83. The number of aliphatic hydroxyl groups is 1. The van der Waals surface area contributed by atoms with E-state index in [9.17, 15) is 9.90 Å².